The Balaban J connectivity index is 2.34. The number of carbonyl (C=O) groups is 1. The van der Waals surface area contributed by atoms with Crippen molar-refractivity contribution in [2.45, 2.75) is 6.18 Å². The maximum atomic E-state index is 12.4. The van der Waals surface area contributed by atoms with Crippen LogP contribution in [0.4, 0.5) is 18.9 Å². The molecule has 0 aromatic heterocycles. The van der Waals surface area contributed by atoms with Crippen LogP contribution in [0.3, 0.4) is 0 Å². The van der Waals surface area contributed by atoms with Crippen molar-refractivity contribution in [3.05, 3.63) is 64.2 Å². The zero-order chi connectivity index (χ0) is 14.9. The number of anilines is 1. The second-order valence-electron chi connectivity index (χ2n) is 4.14. The highest BCUT2D eigenvalue weighted by Gasteiger charge is 2.30. The molecule has 0 heterocycles. The summed E-state index contributed by atoms with van der Waals surface area (Å²) in [6.45, 7) is 0. The summed E-state index contributed by atoms with van der Waals surface area (Å²) < 4.78 is 37.3. The lowest BCUT2D eigenvalue weighted by Crippen LogP contribution is -2.07. The van der Waals surface area contributed by atoms with Gasteiger partial charge in [0.2, 0.25) is 0 Å². The smallest absolute Gasteiger partial charge is 0.399 e. The Morgan fingerprint density at radius 1 is 1.05 bits per heavy atom. The molecule has 20 heavy (non-hydrogen) atoms. The van der Waals surface area contributed by atoms with Gasteiger partial charge in [0.25, 0.3) is 0 Å². The van der Waals surface area contributed by atoms with Crippen LogP contribution in [-0.2, 0) is 6.18 Å². The van der Waals surface area contributed by atoms with E-state index in [1.165, 1.54) is 18.2 Å². The molecule has 0 aliphatic rings. The number of hydrogen-bond donors (Lipinski definition) is 1. The standard InChI is InChI=1S/C14H9ClF3NO/c15-12-7-10(19)5-6-11(12)13(20)8-1-3-9(4-2-8)14(16,17)18/h1-7H,19H2. The first kappa shape index (κ1) is 14.4. The molecule has 2 N–H and O–H groups in total. The lowest BCUT2D eigenvalue weighted by atomic mass is 10.0. The molecule has 0 unspecified atom stereocenters. The van der Waals surface area contributed by atoms with Crippen LogP contribution in [-0.4, -0.2) is 5.78 Å². The Morgan fingerprint density at radius 3 is 2.15 bits per heavy atom. The van der Waals surface area contributed by atoms with E-state index in [-0.39, 0.29) is 16.1 Å². The summed E-state index contributed by atoms with van der Waals surface area (Å²) in [5.74, 6) is -0.455. The number of halogens is 4. The fourth-order valence-corrected chi connectivity index (χ4v) is 1.96. The van der Waals surface area contributed by atoms with E-state index in [9.17, 15) is 18.0 Å². The van der Waals surface area contributed by atoms with Crippen molar-refractivity contribution in [3.8, 4) is 0 Å². The van der Waals surface area contributed by atoms with Crippen LogP contribution >= 0.6 is 11.6 Å². The Labute approximate surface area is 118 Å². The van der Waals surface area contributed by atoms with Gasteiger partial charge in [-0.2, -0.15) is 13.2 Å². The van der Waals surface area contributed by atoms with Crippen molar-refractivity contribution in [1.29, 1.82) is 0 Å². The third-order valence-electron chi connectivity index (χ3n) is 2.71. The second kappa shape index (κ2) is 5.17. The van der Waals surface area contributed by atoms with Gasteiger partial charge < -0.3 is 5.73 Å². The highest BCUT2D eigenvalue weighted by molar-refractivity contribution is 6.35. The van der Waals surface area contributed by atoms with Crippen molar-refractivity contribution < 1.29 is 18.0 Å². The molecular formula is C14H9ClF3NO. The van der Waals surface area contributed by atoms with Gasteiger partial charge in [0, 0.05) is 16.8 Å². The molecule has 0 amide bonds. The zero-order valence-electron chi connectivity index (χ0n) is 10.0. The number of hydrogen-bond acceptors (Lipinski definition) is 2. The van der Waals surface area contributed by atoms with E-state index in [0.717, 1.165) is 24.3 Å². The number of nitrogens with two attached hydrogens (primary N) is 1. The third kappa shape index (κ3) is 2.93. The number of alkyl halides is 3. The van der Waals surface area contributed by atoms with Crippen LogP contribution < -0.4 is 5.73 Å². The van der Waals surface area contributed by atoms with Crippen LogP contribution in [0.15, 0.2) is 42.5 Å². The molecule has 0 aliphatic carbocycles. The Kier molecular flexibility index (Phi) is 3.72. The van der Waals surface area contributed by atoms with Gasteiger partial charge in [0.05, 0.1) is 10.6 Å². The van der Waals surface area contributed by atoms with E-state index in [1.54, 1.807) is 0 Å². The molecule has 0 fully saturated rings. The second-order valence-corrected chi connectivity index (χ2v) is 4.55. The molecule has 0 aliphatic heterocycles. The fourth-order valence-electron chi connectivity index (χ4n) is 1.68. The molecule has 0 saturated carbocycles. The van der Waals surface area contributed by atoms with Crippen LogP contribution in [0.1, 0.15) is 21.5 Å². The number of carbonyl (C=O) groups excluding carboxylic acids is 1. The molecule has 0 bridgehead atoms. The lowest BCUT2D eigenvalue weighted by Gasteiger charge is -2.08. The van der Waals surface area contributed by atoms with Gasteiger partial charge >= 0.3 is 6.18 Å². The van der Waals surface area contributed by atoms with Crippen LogP contribution in [0, 0.1) is 0 Å². The van der Waals surface area contributed by atoms with Gasteiger partial charge in [-0.25, -0.2) is 0 Å². The highest BCUT2D eigenvalue weighted by atomic mass is 35.5. The molecule has 2 rings (SSSR count). The van der Waals surface area contributed by atoms with Crippen LogP contribution in [0.2, 0.25) is 5.02 Å². The molecule has 2 aromatic rings. The number of rotatable bonds is 2. The average Bonchev–Trinajstić information content (AvgIpc) is 2.37. The summed E-state index contributed by atoms with van der Waals surface area (Å²) in [6.07, 6.45) is -4.43. The van der Waals surface area contributed by atoms with Gasteiger partial charge in [-0.05, 0) is 30.3 Å². The predicted octanol–water partition coefficient (Wildman–Crippen LogP) is 4.17. The summed E-state index contributed by atoms with van der Waals surface area (Å²) in [5, 5.41) is 0.162. The fraction of sp³-hybridized carbons (Fsp3) is 0.0714. The monoisotopic (exact) mass is 299 g/mol. The van der Waals surface area contributed by atoms with Gasteiger partial charge in [0.15, 0.2) is 5.78 Å². The van der Waals surface area contributed by atoms with Crippen molar-refractivity contribution in [1.82, 2.24) is 0 Å². The normalized spacial score (nSPS) is 11.4. The minimum atomic E-state index is -4.43. The first-order valence-electron chi connectivity index (χ1n) is 5.56. The molecule has 2 nitrogen and oxygen atoms in total. The minimum Gasteiger partial charge on any atom is -0.399 e. The van der Waals surface area contributed by atoms with E-state index >= 15 is 0 Å². The first-order valence-corrected chi connectivity index (χ1v) is 5.94. The Morgan fingerprint density at radius 2 is 1.65 bits per heavy atom. The minimum absolute atomic E-state index is 0.129. The van der Waals surface area contributed by atoms with Crippen molar-refractivity contribution in [3.63, 3.8) is 0 Å². The Hall–Kier alpha value is -2.01. The maximum Gasteiger partial charge on any atom is 0.416 e. The molecule has 0 radical (unpaired) electrons. The van der Waals surface area contributed by atoms with E-state index in [0.29, 0.717) is 5.69 Å². The number of nitrogen functional groups attached to an aromatic ring is 1. The largest absolute Gasteiger partial charge is 0.416 e. The van der Waals surface area contributed by atoms with E-state index in [1.807, 2.05) is 0 Å². The summed E-state index contributed by atoms with van der Waals surface area (Å²) in [6, 6.07) is 8.33. The molecule has 2 aromatic carbocycles. The van der Waals surface area contributed by atoms with Crippen molar-refractivity contribution in [2.75, 3.05) is 5.73 Å². The van der Waals surface area contributed by atoms with E-state index in [4.69, 9.17) is 17.3 Å². The lowest BCUT2D eigenvalue weighted by molar-refractivity contribution is -0.137. The van der Waals surface area contributed by atoms with Crippen molar-refractivity contribution in [2.24, 2.45) is 0 Å². The number of benzene rings is 2. The molecule has 0 spiro atoms. The SMILES string of the molecule is Nc1ccc(C(=O)c2ccc(C(F)(F)F)cc2)c(Cl)c1. The average molecular weight is 300 g/mol. The third-order valence-corrected chi connectivity index (χ3v) is 3.02. The molecular weight excluding hydrogens is 291 g/mol. The van der Waals surface area contributed by atoms with Gasteiger partial charge in [0.1, 0.15) is 0 Å². The first-order chi connectivity index (χ1) is 9.29. The highest BCUT2D eigenvalue weighted by Crippen LogP contribution is 2.30. The number of ketones is 1. The van der Waals surface area contributed by atoms with E-state index in [2.05, 4.69) is 0 Å². The summed E-state index contributed by atoms with van der Waals surface area (Å²) in [4.78, 5) is 12.1. The zero-order valence-corrected chi connectivity index (χ0v) is 10.8. The molecule has 0 saturated heterocycles. The van der Waals surface area contributed by atoms with Gasteiger partial charge in [-0.1, -0.05) is 23.7 Å². The molecule has 0 atom stereocenters. The van der Waals surface area contributed by atoms with Gasteiger partial charge in [-0.3, -0.25) is 4.79 Å². The van der Waals surface area contributed by atoms with E-state index < -0.39 is 17.5 Å². The molecule has 6 heteroatoms. The summed E-state index contributed by atoms with van der Waals surface area (Å²) in [5.41, 5.74) is 5.43. The maximum absolute atomic E-state index is 12.4. The quantitative estimate of drug-likeness (QED) is 0.668. The van der Waals surface area contributed by atoms with Gasteiger partial charge in [-0.15, -0.1) is 0 Å². The van der Waals surface area contributed by atoms with Crippen LogP contribution in [0.25, 0.3) is 0 Å². The Bertz CT molecular complexity index is 650. The summed E-state index contributed by atoms with van der Waals surface area (Å²) >= 11 is 5.90. The predicted molar refractivity (Wildman–Crippen MR) is 70.7 cm³/mol. The summed E-state index contributed by atoms with van der Waals surface area (Å²) in [7, 11) is 0. The van der Waals surface area contributed by atoms with Crippen molar-refractivity contribution >= 4 is 23.1 Å². The topological polar surface area (TPSA) is 43.1 Å². The molecule has 104 valence electrons. The van der Waals surface area contributed by atoms with Crippen LogP contribution in [0.5, 0.6) is 0 Å².